The van der Waals surface area contributed by atoms with Crippen LogP contribution in [0.3, 0.4) is 0 Å². The molecular weight excluding hydrogens is 525 g/mol. The molecular formula is C30H35F3N2O5. The lowest BCUT2D eigenvalue weighted by atomic mass is 9.73. The van der Waals surface area contributed by atoms with E-state index in [-0.39, 0.29) is 41.6 Å². The number of hydrogen-bond donors (Lipinski definition) is 1. The standard InChI is InChI=1S/C30H35F3N2O5/c1-20(36)40-19-26(37)34(3)29(23-7-5-4-6-8-23)17-15-25(16-18-29)35(24-13-14-24)27(38)21-9-11-22(12-10-21)28(2,39)30(31,32)33/h4-12,24-25,39H,13-19H2,1-3H3/t25-,28-,29-/m0/s1. The minimum absolute atomic E-state index is 0.0583. The van der Waals surface area contributed by atoms with Gasteiger partial charge in [0, 0.05) is 31.6 Å². The first-order valence-electron chi connectivity index (χ1n) is 13.5. The SMILES string of the molecule is CC(=O)OCC(=O)N(C)[C@]1(c2ccccc2)CC[C@@H](N(C(=O)c2ccc([C@](C)(O)C(F)(F)F)cc2)C2CC2)CC1. The zero-order valence-corrected chi connectivity index (χ0v) is 22.9. The number of carbonyl (C=O) groups is 3. The van der Waals surface area contributed by atoms with Gasteiger partial charge in [-0.1, -0.05) is 42.5 Å². The van der Waals surface area contributed by atoms with Crippen molar-refractivity contribution in [1.82, 2.24) is 9.80 Å². The molecule has 0 unspecified atom stereocenters. The highest BCUT2D eigenvalue weighted by Crippen LogP contribution is 2.45. The Kier molecular flexibility index (Phi) is 8.31. The van der Waals surface area contributed by atoms with Crippen molar-refractivity contribution in [3.8, 4) is 0 Å². The number of aliphatic hydroxyl groups is 1. The smallest absolute Gasteiger partial charge is 0.421 e. The van der Waals surface area contributed by atoms with E-state index in [4.69, 9.17) is 4.74 Å². The molecule has 4 rings (SSSR count). The van der Waals surface area contributed by atoms with E-state index < -0.39 is 23.3 Å². The highest BCUT2D eigenvalue weighted by molar-refractivity contribution is 5.95. The van der Waals surface area contributed by atoms with Gasteiger partial charge in [0.2, 0.25) is 0 Å². The number of hydrogen-bond acceptors (Lipinski definition) is 5. The van der Waals surface area contributed by atoms with Gasteiger partial charge in [-0.2, -0.15) is 13.2 Å². The minimum atomic E-state index is -4.85. The summed E-state index contributed by atoms with van der Waals surface area (Å²) in [6.45, 7) is 1.59. The monoisotopic (exact) mass is 560 g/mol. The van der Waals surface area contributed by atoms with Gasteiger partial charge in [-0.05, 0) is 68.7 Å². The molecule has 1 N–H and O–H groups in total. The highest BCUT2D eigenvalue weighted by Gasteiger charge is 2.51. The number of esters is 1. The third-order valence-corrected chi connectivity index (χ3v) is 8.32. The molecule has 0 aromatic heterocycles. The first-order valence-corrected chi connectivity index (χ1v) is 13.5. The van der Waals surface area contributed by atoms with Crippen LogP contribution in [0.5, 0.6) is 0 Å². The van der Waals surface area contributed by atoms with Crippen LogP contribution in [0.25, 0.3) is 0 Å². The lowest BCUT2D eigenvalue weighted by molar-refractivity contribution is -0.258. The predicted octanol–water partition coefficient (Wildman–Crippen LogP) is 4.92. The van der Waals surface area contributed by atoms with Crippen molar-refractivity contribution in [2.24, 2.45) is 0 Å². The summed E-state index contributed by atoms with van der Waals surface area (Å²) < 4.78 is 44.7. The summed E-state index contributed by atoms with van der Waals surface area (Å²) >= 11 is 0. The third-order valence-electron chi connectivity index (χ3n) is 8.32. The van der Waals surface area contributed by atoms with Gasteiger partial charge in [-0.25, -0.2) is 0 Å². The second-order valence-corrected chi connectivity index (χ2v) is 11.0. The predicted molar refractivity (Wildman–Crippen MR) is 141 cm³/mol. The highest BCUT2D eigenvalue weighted by atomic mass is 19.4. The fraction of sp³-hybridized carbons (Fsp3) is 0.500. The molecule has 2 aromatic rings. The third kappa shape index (κ3) is 5.87. The van der Waals surface area contributed by atoms with Crippen molar-refractivity contribution in [2.45, 2.75) is 81.8 Å². The maximum Gasteiger partial charge on any atom is 0.421 e. The molecule has 0 heterocycles. The molecule has 2 aliphatic rings. The van der Waals surface area contributed by atoms with E-state index in [1.54, 1.807) is 11.9 Å². The van der Waals surface area contributed by atoms with E-state index >= 15 is 0 Å². The fourth-order valence-electron chi connectivity index (χ4n) is 5.66. The topological polar surface area (TPSA) is 87.2 Å². The van der Waals surface area contributed by atoms with Crippen molar-refractivity contribution in [2.75, 3.05) is 13.7 Å². The summed E-state index contributed by atoms with van der Waals surface area (Å²) in [5.41, 5.74) is -2.77. The number of likely N-dealkylation sites (N-methyl/N-ethyl adjacent to an activating group) is 1. The summed E-state index contributed by atoms with van der Waals surface area (Å²) in [5, 5.41) is 9.98. The van der Waals surface area contributed by atoms with Crippen molar-refractivity contribution in [3.05, 3.63) is 71.3 Å². The molecule has 2 aromatic carbocycles. The molecule has 2 aliphatic carbocycles. The number of alkyl halides is 3. The number of nitrogens with zero attached hydrogens (tertiary/aromatic N) is 2. The average Bonchev–Trinajstić information content (AvgIpc) is 3.77. The Morgan fingerprint density at radius 1 is 0.950 bits per heavy atom. The average molecular weight is 561 g/mol. The Labute approximate surface area is 231 Å². The molecule has 7 nitrogen and oxygen atoms in total. The van der Waals surface area contributed by atoms with Gasteiger partial charge in [0.05, 0.1) is 5.54 Å². The maximum atomic E-state index is 13.6. The number of benzene rings is 2. The Morgan fingerprint density at radius 2 is 1.50 bits per heavy atom. The largest absolute Gasteiger partial charge is 0.456 e. The molecule has 0 saturated heterocycles. The Bertz CT molecular complexity index is 1220. The summed E-state index contributed by atoms with van der Waals surface area (Å²) in [6.07, 6.45) is -0.756. The normalized spacial score (nSPS) is 22.6. The molecule has 2 saturated carbocycles. The molecule has 0 bridgehead atoms. The number of carbonyl (C=O) groups excluding carboxylic acids is 3. The van der Waals surface area contributed by atoms with Gasteiger partial charge in [-0.15, -0.1) is 0 Å². The Hall–Kier alpha value is -3.40. The molecule has 2 amide bonds. The van der Waals surface area contributed by atoms with Crippen LogP contribution in [-0.2, 0) is 25.5 Å². The van der Waals surface area contributed by atoms with E-state index in [9.17, 15) is 32.7 Å². The van der Waals surface area contributed by atoms with Crippen LogP contribution in [-0.4, -0.2) is 64.6 Å². The van der Waals surface area contributed by atoms with E-state index in [2.05, 4.69) is 0 Å². The summed E-state index contributed by atoms with van der Waals surface area (Å²) in [6, 6.07) is 14.6. The Balaban J connectivity index is 1.54. The first kappa shape index (κ1) is 29.6. The van der Waals surface area contributed by atoms with Crippen molar-refractivity contribution in [3.63, 3.8) is 0 Å². The molecule has 10 heteroatoms. The minimum Gasteiger partial charge on any atom is -0.456 e. The van der Waals surface area contributed by atoms with Crippen LogP contribution in [0.1, 0.15) is 73.9 Å². The molecule has 1 atom stereocenters. The van der Waals surface area contributed by atoms with E-state index in [0.29, 0.717) is 32.6 Å². The van der Waals surface area contributed by atoms with Crippen LogP contribution < -0.4 is 0 Å². The summed E-state index contributed by atoms with van der Waals surface area (Å²) in [5.74, 6) is -1.10. The van der Waals surface area contributed by atoms with Crippen LogP contribution in [0.2, 0.25) is 0 Å². The van der Waals surface area contributed by atoms with Crippen molar-refractivity contribution in [1.29, 1.82) is 0 Å². The summed E-state index contributed by atoms with van der Waals surface area (Å²) in [7, 11) is 1.71. The Morgan fingerprint density at radius 3 is 2.00 bits per heavy atom. The quantitative estimate of drug-likeness (QED) is 0.463. The number of rotatable bonds is 8. The second-order valence-electron chi connectivity index (χ2n) is 11.0. The molecule has 0 radical (unpaired) electrons. The van der Waals surface area contributed by atoms with E-state index in [1.165, 1.54) is 19.1 Å². The van der Waals surface area contributed by atoms with Crippen molar-refractivity contribution >= 4 is 17.8 Å². The molecule has 0 spiro atoms. The van der Waals surface area contributed by atoms with Gasteiger partial charge < -0.3 is 19.6 Å². The molecule has 2 fully saturated rings. The van der Waals surface area contributed by atoms with Gasteiger partial charge in [0.25, 0.3) is 11.8 Å². The number of ether oxygens (including phenoxy) is 1. The van der Waals surface area contributed by atoms with Gasteiger partial charge in [0.15, 0.2) is 12.2 Å². The summed E-state index contributed by atoms with van der Waals surface area (Å²) in [4.78, 5) is 41.4. The zero-order valence-electron chi connectivity index (χ0n) is 22.9. The number of amides is 2. The van der Waals surface area contributed by atoms with Crippen LogP contribution in [0, 0.1) is 0 Å². The first-order chi connectivity index (χ1) is 18.8. The molecule has 216 valence electrons. The van der Waals surface area contributed by atoms with E-state index in [0.717, 1.165) is 30.5 Å². The molecule has 0 aliphatic heterocycles. The van der Waals surface area contributed by atoms with Gasteiger partial charge in [0.1, 0.15) is 0 Å². The molecule has 40 heavy (non-hydrogen) atoms. The lowest BCUT2D eigenvalue weighted by Gasteiger charge is -2.48. The van der Waals surface area contributed by atoms with Crippen molar-refractivity contribution < 1.29 is 37.4 Å². The van der Waals surface area contributed by atoms with Crippen LogP contribution >= 0.6 is 0 Å². The van der Waals surface area contributed by atoms with Gasteiger partial charge >= 0.3 is 12.1 Å². The fourth-order valence-corrected chi connectivity index (χ4v) is 5.66. The van der Waals surface area contributed by atoms with Gasteiger partial charge in [-0.3, -0.25) is 14.4 Å². The van der Waals surface area contributed by atoms with Crippen LogP contribution in [0.4, 0.5) is 13.2 Å². The van der Waals surface area contributed by atoms with E-state index in [1.807, 2.05) is 35.2 Å². The second kappa shape index (κ2) is 11.2. The van der Waals surface area contributed by atoms with Crippen LogP contribution in [0.15, 0.2) is 54.6 Å². The number of halogens is 3. The zero-order chi connectivity index (χ0) is 29.3. The maximum absolute atomic E-state index is 13.6. The lowest BCUT2D eigenvalue weighted by Crippen LogP contribution is -2.54.